The number of nitrogens with one attached hydrogen (secondary N) is 2. The number of carbonyl (C=O) groups excluding carboxylic acids is 2. The number of rotatable bonds is 8. The molecule has 1 aliphatic heterocycles. The Labute approximate surface area is 236 Å². The Morgan fingerprint density at radius 3 is 2.45 bits per heavy atom. The summed E-state index contributed by atoms with van der Waals surface area (Å²) in [5.74, 6) is -1.56. The van der Waals surface area contributed by atoms with Gasteiger partial charge in [-0.25, -0.2) is 9.38 Å². The van der Waals surface area contributed by atoms with Crippen molar-refractivity contribution in [2.75, 3.05) is 24.9 Å². The van der Waals surface area contributed by atoms with Crippen molar-refractivity contribution in [1.82, 2.24) is 0 Å². The van der Waals surface area contributed by atoms with Crippen molar-refractivity contribution in [3.05, 3.63) is 92.9 Å². The molecule has 3 aromatic rings. The third kappa shape index (κ3) is 6.00. The van der Waals surface area contributed by atoms with Crippen LogP contribution in [0.5, 0.6) is 11.5 Å². The summed E-state index contributed by atoms with van der Waals surface area (Å²) in [4.78, 5) is 41.4. The van der Waals surface area contributed by atoms with Crippen LogP contribution in [0.2, 0.25) is 5.02 Å². The number of nitro benzene ring substituents is 1. The van der Waals surface area contributed by atoms with E-state index in [0.717, 1.165) is 17.8 Å². The summed E-state index contributed by atoms with van der Waals surface area (Å²) in [6.07, 6.45) is 0. The van der Waals surface area contributed by atoms with Gasteiger partial charge in [0.05, 0.1) is 41.5 Å². The van der Waals surface area contributed by atoms with E-state index in [1.54, 1.807) is 18.2 Å². The van der Waals surface area contributed by atoms with Gasteiger partial charge in [-0.15, -0.1) is 0 Å². The number of para-hydroxylation sites is 1. The number of carbonyl (C=O) groups is 2. The topological polar surface area (TPSA) is 158 Å². The highest BCUT2D eigenvalue weighted by molar-refractivity contribution is 8.16. The maximum atomic E-state index is 14.4. The van der Waals surface area contributed by atoms with Gasteiger partial charge in [0.25, 0.3) is 11.6 Å². The second-order valence-corrected chi connectivity index (χ2v) is 9.63. The van der Waals surface area contributed by atoms with Crippen molar-refractivity contribution in [2.45, 2.75) is 5.25 Å². The Hall–Kier alpha value is -4.62. The SMILES string of the molecule is COc1ccc(NC(=O)C2=C(N)[C@@H](C(=O)Nc3ccc([N+](=O)[O-])cc3OC)SC2=Nc2ccccc2F)cc1Cl. The van der Waals surface area contributed by atoms with Gasteiger partial charge in [0, 0.05) is 17.5 Å². The Kier molecular flexibility index (Phi) is 8.55. The predicted octanol–water partition coefficient (Wildman–Crippen LogP) is 5.04. The van der Waals surface area contributed by atoms with Gasteiger partial charge in [0.15, 0.2) is 0 Å². The van der Waals surface area contributed by atoms with Gasteiger partial charge >= 0.3 is 0 Å². The highest BCUT2D eigenvalue weighted by atomic mass is 35.5. The van der Waals surface area contributed by atoms with Crippen LogP contribution < -0.4 is 25.8 Å². The van der Waals surface area contributed by atoms with Crippen molar-refractivity contribution in [1.29, 1.82) is 0 Å². The summed E-state index contributed by atoms with van der Waals surface area (Å²) in [6, 6.07) is 13.9. The van der Waals surface area contributed by atoms with E-state index in [2.05, 4.69) is 15.6 Å². The average molecular weight is 586 g/mol. The van der Waals surface area contributed by atoms with E-state index in [-0.39, 0.29) is 44.1 Å². The number of nitro groups is 1. The number of nitrogens with zero attached hydrogens (tertiary/aromatic N) is 2. The molecule has 1 atom stereocenters. The van der Waals surface area contributed by atoms with Crippen LogP contribution in [0, 0.1) is 15.9 Å². The zero-order valence-electron chi connectivity index (χ0n) is 20.9. The van der Waals surface area contributed by atoms with E-state index in [4.69, 9.17) is 26.8 Å². The molecule has 0 aliphatic carbocycles. The Morgan fingerprint density at radius 1 is 1.07 bits per heavy atom. The second-order valence-electron chi connectivity index (χ2n) is 8.13. The first-order valence-electron chi connectivity index (χ1n) is 11.4. The van der Waals surface area contributed by atoms with E-state index in [0.29, 0.717) is 11.4 Å². The third-order valence-electron chi connectivity index (χ3n) is 5.62. The van der Waals surface area contributed by atoms with E-state index in [1.807, 2.05) is 0 Å². The van der Waals surface area contributed by atoms with Crippen LogP contribution in [0.1, 0.15) is 0 Å². The summed E-state index contributed by atoms with van der Waals surface area (Å²) >= 11 is 7.01. The number of hydrogen-bond donors (Lipinski definition) is 3. The fraction of sp³-hybridized carbons (Fsp3) is 0.115. The number of ether oxygens (including phenoxy) is 2. The minimum Gasteiger partial charge on any atom is -0.495 e. The zero-order chi connectivity index (χ0) is 29.0. The number of aliphatic imine (C=N–C) groups is 1. The molecule has 11 nitrogen and oxygen atoms in total. The summed E-state index contributed by atoms with van der Waals surface area (Å²) < 4.78 is 24.7. The molecular weight excluding hydrogens is 565 g/mol. The van der Waals surface area contributed by atoms with Crippen LogP contribution in [-0.2, 0) is 9.59 Å². The molecule has 1 aliphatic rings. The lowest BCUT2D eigenvalue weighted by Crippen LogP contribution is -2.29. The molecule has 0 bridgehead atoms. The smallest absolute Gasteiger partial charge is 0.273 e. The fourth-order valence-corrected chi connectivity index (χ4v) is 5.05. The zero-order valence-corrected chi connectivity index (χ0v) is 22.5. The van der Waals surface area contributed by atoms with Gasteiger partial charge in [0.2, 0.25) is 5.91 Å². The summed E-state index contributed by atoms with van der Waals surface area (Å²) in [5.41, 5.74) is 6.22. The third-order valence-corrected chi connectivity index (χ3v) is 7.14. The summed E-state index contributed by atoms with van der Waals surface area (Å²) in [6.45, 7) is 0. The number of non-ortho nitro benzene ring substituents is 1. The van der Waals surface area contributed by atoms with E-state index < -0.39 is 27.8 Å². The minimum atomic E-state index is -1.15. The van der Waals surface area contributed by atoms with Crippen LogP contribution >= 0.6 is 23.4 Å². The molecule has 0 spiro atoms. The number of anilines is 2. The number of thioether (sulfide) groups is 1. The van der Waals surface area contributed by atoms with Crippen molar-refractivity contribution >= 4 is 63.0 Å². The van der Waals surface area contributed by atoms with Crippen LogP contribution in [0.3, 0.4) is 0 Å². The van der Waals surface area contributed by atoms with Gasteiger partial charge < -0.3 is 25.8 Å². The number of amides is 2. The number of hydrogen-bond acceptors (Lipinski definition) is 9. The highest BCUT2D eigenvalue weighted by Crippen LogP contribution is 2.38. The minimum absolute atomic E-state index is 0.00974. The first kappa shape index (κ1) is 28.4. The number of nitrogens with two attached hydrogens (primary N) is 1. The molecular formula is C26H21ClFN5O6S. The monoisotopic (exact) mass is 585 g/mol. The molecule has 0 fully saturated rings. The molecule has 3 aromatic carbocycles. The lowest BCUT2D eigenvalue weighted by molar-refractivity contribution is -0.384. The Morgan fingerprint density at radius 2 is 1.80 bits per heavy atom. The molecule has 206 valence electrons. The van der Waals surface area contributed by atoms with Crippen LogP contribution in [0.4, 0.5) is 27.1 Å². The second kappa shape index (κ2) is 12.1. The average Bonchev–Trinajstić information content (AvgIpc) is 3.25. The van der Waals surface area contributed by atoms with Crippen LogP contribution in [0.15, 0.2) is 76.9 Å². The standard InChI is InChI=1S/C26H21ClFN5O6S/c1-38-19-10-7-13(11-15(19)27)30-24(34)21-22(29)23(40-26(21)32-17-6-4-3-5-16(17)28)25(35)31-18-9-8-14(33(36)37)12-20(18)39-2/h3-12,23H,29H2,1-2H3,(H,30,34)(H,31,35)/t23-/m0/s1. The molecule has 0 saturated carbocycles. The molecule has 4 rings (SSSR count). The highest BCUT2D eigenvalue weighted by Gasteiger charge is 2.39. The molecule has 2 amide bonds. The number of methoxy groups -OCH3 is 2. The van der Waals surface area contributed by atoms with E-state index in [1.165, 1.54) is 50.6 Å². The number of halogens is 2. The summed E-state index contributed by atoms with van der Waals surface area (Å²) in [7, 11) is 2.74. The van der Waals surface area contributed by atoms with E-state index in [9.17, 15) is 24.1 Å². The molecule has 0 aromatic heterocycles. The predicted molar refractivity (Wildman–Crippen MR) is 151 cm³/mol. The maximum Gasteiger partial charge on any atom is 0.273 e. The van der Waals surface area contributed by atoms with Gasteiger partial charge in [-0.2, -0.15) is 0 Å². The van der Waals surface area contributed by atoms with E-state index >= 15 is 0 Å². The van der Waals surface area contributed by atoms with Crippen molar-refractivity contribution in [3.8, 4) is 11.5 Å². The van der Waals surface area contributed by atoms with Crippen LogP contribution in [-0.4, -0.2) is 41.3 Å². The van der Waals surface area contributed by atoms with Crippen molar-refractivity contribution in [3.63, 3.8) is 0 Å². The van der Waals surface area contributed by atoms with Gasteiger partial charge in [0.1, 0.15) is 33.3 Å². The number of benzene rings is 3. The van der Waals surface area contributed by atoms with Gasteiger partial charge in [-0.3, -0.25) is 19.7 Å². The quantitative estimate of drug-likeness (QED) is 0.245. The molecule has 0 unspecified atom stereocenters. The van der Waals surface area contributed by atoms with Crippen molar-refractivity contribution in [2.24, 2.45) is 10.7 Å². The molecule has 14 heteroatoms. The van der Waals surface area contributed by atoms with Crippen molar-refractivity contribution < 1.29 is 28.4 Å². The lowest BCUT2D eigenvalue weighted by atomic mass is 10.1. The molecule has 1 heterocycles. The normalized spacial score (nSPS) is 15.6. The first-order valence-corrected chi connectivity index (χ1v) is 12.7. The molecule has 0 radical (unpaired) electrons. The molecule has 4 N–H and O–H groups in total. The summed E-state index contributed by atoms with van der Waals surface area (Å²) in [5, 5.41) is 15.5. The Bertz CT molecular complexity index is 1580. The molecule has 40 heavy (non-hydrogen) atoms. The largest absolute Gasteiger partial charge is 0.495 e. The maximum absolute atomic E-state index is 14.4. The Balaban J connectivity index is 1.68. The van der Waals surface area contributed by atoms with Crippen LogP contribution in [0.25, 0.3) is 0 Å². The van der Waals surface area contributed by atoms with Gasteiger partial charge in [-0.1, -0.05) is 35.5 Å². The lowest BCUT2D eigenvalue weighted by Gasteiger charge is -2.14. The fourth-order valence-electron chi connectivity index (χ4n) is 3.68. The first-order chi connectivity index (χ1) is 19.1. The molecule has 0 saturated heterocycles. The van der Waals surface area contributed by atoms with Gasteiger partial charge in [-0.05, 0) is 36.4 Å².